The summed E-state index contributed by atoms with van der Waals surface area (Å²) in [5.41, 5.74) is -0.894. The fourth-order valence-electron chi connectivity index (χ4n) is 3.08. The molecule has 2 rings (SSSR count). The van der Waals surface area contributed by atoms with Crippen molar-refractivity contribution >= 4 is 5.91 Å². The third-order valence-electron chi connectivity index (χ3n) is 4.60. The topological polar surface area (TPSA) is 47.3 Å². The van der Waals surface area contributed by atoms with E-state index in [-0.39, 0.29) is 13.1 Å². The number of hydrogen-bond acceptors (Lipinski definition) is 3. The van der Waals surface area contributed by atoms with E-state index in [1.165, 1.54) is 16.8 Å². The van der Waals surface area contributed by atoms with Crippen LogP contribution in [0.1, 0.15) is 19.3 Å². The molecule has 2 fully saturated rings. The van der Waals surface area contributed by atoms with E-state index in [4.69, 9.17) is 0 Å². The zero-order chi connectivity index (χ0) is 15.1. The number of carbonyl (C=O) groups excluding carboxylic acids is 1. The van der Waals surface area contributed by atoms with Crippen LogP contribution >= 0.6 is 0 Å². The van der Waals surface area contributed by atoms with Gasteiger partial charge in [0, 0.05) is 20.1 Å². The molecule has 0 aromatic heterocycles. The molecule has 1 saturated heterocycles. The highest BCUT2D eigenvalue weighted by Gasteiger charge is 2.54. The van der Waals surface area contributed by atoms with E-state index in [1.54, 1.807) is 7.05 Å². The van der Waals surface area contributed by atoms with Crippen LogP contribution in [0, 0.1) is 23.2 Å². The maximum Gasteiger partial charge on any atom is 0.393 e. The molecule has 1 amide bonds. The van der Waals surface area contributed by atoms with Crippen LogP contribution in [0.15, 0.2) is 0 Å². The van der Waals surface area contributed by atoms with Gasteiger partial charge in [-0.05, 0) is 26.3 Å². The molecule has 0 radical (unpaired) electrons. The van der Waals surface area contributed by atoms with Crippen LogP contribution in [0.4, 0.5) is 13.2 Å². The summed E-state index contributed by atoms with van der Waals surface area (Å²) in [6.07, 6.45) is -2.46. The van der Waals surface area contributed by atoms with E-state index in [0.29, 0.717) is 12.8 Å². The fourth-order valence-corrected chi connectivity index (χ4v) is 3.08. The fraction of sp³-hybridized carbons (Fsp3) is 0.846. The summed E-state index contributed by atoms with van der Waals surface area (Å²) in [7, 11) is 3.03. The molecule has 1 aliphatic heterocycles. The summed E-state index contributed by atoms with van der Waals surface area (Å²) in [4.78, 5) is 15.2. The van der Waals surface area contributed by atoms with Crippen molar-refractivity contribution in [3.63, 3.8) is 0 Å². The van der Waals surface area contributed by atoms with Gasteiger partial charge in [-0.15, -0.1) is 0 Å². The van der Waals surface area contributed by atoms with Crippen LogP contribution in [0.5, 0.6) is 0 Å². The Hall–Kier alpha value is -1.29. The summed E-state index contributed by atoms with van der Waals surface area (Å²) in [5, 5.41) is 9.20. The molecule has 7 heteroatoms. The Morgan fingerprint density at radius 2 is 2.00 bits per heavy atom. The zero-order valence-corrected chi connectivity index (χ0v) is 11.6. The zero-order valence-electron chi connectivity index (χ0n) is 11.6. The minimum absolute atomic E-state index is 0.0921. The quantitative estimate of drug-likeness (QED) is 0.776. The highest BCUT2D eigenvalue weighted by molar-refractivity contribution is 5.81. The van der Waals surface area contributed by atoms with Gasteiger partial charge in [0.05, 0.1) is 17.9 Å². The second kappa shape index (κ2) is 4.92. The van der Waals surface area contributed by atoms with Crippen molar-refractivity contribution in [1.29, 1.82) is 5.26 Å². The molecule has 1 aliphatic carbocycles. The third-order valence-corrected chi connectivity index (χ3v) is 4.60. The van der Waals surface area contributed by atoms with Crippen molar-refractivity contribution in [1.82, 2.24) is 9.80 Å². The standard InChI is InChI=1S/C13H18F3N3O/c1-18-6-9(10(7-18)13(14,15)16)11(20)19(2)12(8-17)4-3-5-12/h9-10H,3-7H2,1-2H3/t9-,10-/m1/s1. The lowest BCUT2D eigenvalue weighted by molar-refractivity contribution is -0.187. The van der Waals surface area contributed by atoms with Crippen molar-refractivity contribution in [3.8, 4) is 6.07 Å². The van der Waals surface area contributed by atoms with E-state index in [0.717, 1.165) is 6.42 Å². The lowest BCUT2D eigenvalue weighted by atomic mass is 9.76. The number of nitrogens with zero attached hydrogens (tertiary/aromatic N) is 3. The van der Waals surface area contributed by atoms with Crippen LogP contribution in [0.2, 0.25) is 0 Å². The van der Waals surface area contributed by atoms with Crippen molar-refractivity contribution in [2.45, 2.75) is 31.0 Å². The van der Waals surface area contributed by atoms with Crippen LogP contribution < -0.4 is 0 Å². The maximum atomic E-state index is 13.0. The molecule has 20 heavy (non-hydrogen) atoms. The van der Waals surface area contributed by atoms with Crippen LogP contribution in [-0.2, 0) is 4.79 Å². The first-order valence-electron chi connectivity index (χ1n) is 6.65. The van der Waals surface area contributed by atoms with Gasteiger partial charge in [-0.3, -0.25) is 4.79 Å². The molecule has 1 saturated carbocycles. The summed E-state index contributed by atoms with van der Waals surface area (Å²) < 4.78 is 39.1. The van der Waals surface area contributed by atoms with Gasteiger partial charge in [0.15, 0.2) is 0 Å². The second-order valence-corrected chi connectivity index (χ2v) is 5.87. The van der Waals surface area contributed by atoms with E-state index in [2.05, 4.69) is 6.07 Å². The number of likely N-dealkylation sites (tertiary alicyclic amines) is 1. The number of amides is 1. The van der Waals surface area contributed by atoms with Gasteiger partial charge < -0.3 is 9.80 Å². The third kappa shape index (κ3) is 2.37. The molecule has 1 heterocycles. The highest BCUT2D eigenvalue weighted by atomic mass is 19.4. The first-order chi connectivity index (χ1) is 9.21. The number of alkyl halides is 3. The Bertz CT molecular complexity index is 439. The number of halogens is 3. The Labute approximate surface area is 116 Å². The molecule has 0 spiro atoms. The van der Waals surface area contributed by atoms with Crippen molar-refractivity contribution in [2.75, 3.05) is 27.2 Å². The molecule has 2 aliphatic rings. The normalized spacial score (nSPS) is 29.6. The Balaban J connectivity index is 2.17. The molecule has 0 N–H and O–H groups in total. The monoisotopic (exact) mass is 289 g/mol. The second-order valence-electron chi connectivity index (χ2n) is 5.87. The van der Waals surface area contributed by atoms with Crippen molar-refractivity contribution in [2.24, 2.45) is 11.8 Å². The minimum Gasteiger partial charge on any atom is -0.327 e. The van der Waals surface area contributed by atoms with Gasteiger partial charge in [-0.2, -0.15) is 18.4 Å². The van der Waals surface area contributed by atoms with Crippen LogP contribution in [0.25, 0.3) is 0 Å². The largest absolute Gasteiger partial charge is 0.393 e. The average molecular weight is 289 g/mol. The first-order valence-corrected chi connectivity index (χ1v) is 6.65. The summed E-state index contributed by atoms with van der Waals surface area (Å²) in [6.45, 7) is -0.0673. The van der Waals surface area contributed by atoms with E-state index in [1.807, 2.05) is 0 Å². The Morgan fingerprint density at radius 3 is 2.40 bits per heavy atom. The predicted molar refractivity (Wildman–Crippen MR) is 65.5 cm³/mol. The van der Waals surface area contributed by atoms with Crippen molar-refractivity contribution in [3.05, 3.63) is 0 Å². The van der Waals surface area contributed by atoms with Gasteiger partial charge in [0.25, 0.3) is 0 Å². The Kier molecular flexibility index (Phi) is 3.71. The lowest BCUT2D eigenvalue weighted by Crippen LogP contribution is -2.56. The number of rotatable bonds is 2. The van der Waals surface area contributed by atoms with Gasteiger partial charge in [0.2, 0.25) is 5.91 Å². The number of carbonyl (C=O) groups is 1. The molecule has 0 aromatic rings. The minimum atomic E-state index is -4.38. The van der Waals surface area contributed by atoms with Gasteiger partial charge >= 0.3 is 6.18 Å². The smallest absolute Gasteiger partial charge is 0.327 e. The molecular formula is C13H18F3N3O. The van der Waals surface area contributed by atoms with E-state index < -0.39 is 29.5 Å². The molecule has 2 atom stereocenters. The summed E-state index contributed by atoms with van der Waals surface area (Å²) in [5.74, 6) is -3.30. The van der Waals surface area contributed by atoms with Crippen LogP contribution in [-0.4, -0.2) is 54.6 Å². The van der Waals surface area contributed by atoms with E-state index >= 15 is 0 Å². The SMILES string of the molecule is CN1C[C@@H](C(F)(F)F)[C@H](C(=O)N(C)C2(C#N)CCC2)C1. The number of nitriles is 1. The Morgan fingerprint density at radius 1 is 1.40 bits per heavy atom. The maximum absolute atomic E-state index is 13.0. The van der Waals surface area contributed by atoms with Gasteiger partial charge in [-0.1, -0.05) is 0 Å². The molecule has 0 unspecified atom stereocenters. The first kappa shape index (κ1) is 15.1. The molecule has 0 bridgehead atoms. The molecule has 112 valence electrons. The highest BCUT2D eigenvalue weighted by Crippen LogP contribution is 2.41. The van der Waals surface area contributed by atoms with Crippen LogP contribution in [0.3, 0.4) is 0 Å². The molecule has 4 nitrogen and oxygen atoms in total. The van der Waals surface area contributed by atoms with E-state index in [9.17, 15) is 23.2 Å². The van der Waals surface area contributed by atoms with Gasteiger partial charge in [-0.25, -0.2) is 0 Å². The average Bonchev–Trinajstić information content (AvgIpc) is 2.69. The predicted octanol–water partition coefficient (Wildman–Crippen LogP) is 1.63. The molecular weight excluding hydrogens is 271 g/mol. The summed E-state index contributed by atoms with van der Waals surface area (Å²) >= 11 is 0. The van der Waals surface area contributed by atoms with Crippen molar-refractivity contribution < 1.29 is 18.0 Å². The van der Waals surface area contributed by atoms with Gasteiger partial charge in [0.1, 0.15) is 5.54 Å². The summed E-state index contributed by atoms with van der Waals surface area (Å²) in [6, 6.07) is 2.09. The number of hydrogen-bond donors (Lipinski definition) is 0. The lowest BCUT2D eigenvalue weighted by Gasteiger charge is -2.44. The molecule has 0 aromatic carbocycles.